The van der Waals surface area contributed by atoms with Gasteiger partial charge >= 0.3 is 0 Å². The van der Waals surface area contributed by atoms with Crippen LogP contribution in [-0.2, 0) is 28.4 Å². The van der Waals surface area contributed by atoms with Crippen molar-refractivity contribution in [1.82, 2.24) is 14.8 Å². The van der Waals surface area contributed by atoms with Crippen molar-refractivity contribution in [3.63, 3.8) is 0 Å². The summed E-state index contributed by atoms with van der Waals surface area (Å²) in [6.07, 6.45) is 3.32. The topological polar surface area (TPSA) is 74.1 Å². The molecule has 130 valence electrons. The van der Waals surface area contributed by atoms with Gasteiger partial charge in [-0.15, -0.1) is 10.2 Å². The molecule has 0 bridgehead atoms. The third-order valence-electron chi connectivity index (χ3n) is 4.42. The molecule has 24 heavy (non-hydrogen) atoms. The normalized spacial score (nSPS) is 15.3. The Morgan fingerprint density at radius 2 is 2.04 bits per heavy atom. The summed E-state index contributed by atoms with van der Waals surface area (Å²) in [5.41, 5.74) is 0.384. The van der Waals surface area contributed by atoms with Gasteiger partial charge in [-0.1, -0.05) is 12.5 Å². The smallest absolute Gasteiger partial charge is 0.165 e. The zero-order valence-electron chi connectivity index (χ0n) is 13.7. The number of methoxy groups -OCH3 is 1. The first kappa shape index (κ1) is 16.9. The molecule has 0 unspecified atom stereocenters. The molecule has 1 aromatic carbocycles. The zero-order chi connectivity index (χ0) is 17.3. The molecular formula is C16H20FN3O3S. The maximum absolute atomic E-state index is 13.7. The van der Waals surface area contributed by atoms with Crippen LogP contribution in [0.2, 0.25) is 0 Å². The van der Waals surface area contributed by atoms with E-state index in [9.17, 15) is 12.8 Å². The summed E-state index contributed by atoms with van der Waals surface area (Å²) >= 11 is 0. The van der Waals surface area contributed by atoms with Gasteiger partial charge in [0.25, 0.3) is 0 Å². The van der Waals surface area contributed by atoms with E-state index >= 15 is 0 Å². The van der Waals surface area contributed by atoms with Gasteiger partial charge in [0.1, 0.15) is 17.4 Å². The maximum atomic E-state index is 13.7. The minimum Gasteiger partial charge on any atom is -0.494 e. The summed E-state index contributed by atoms with van der Waals surface area (Å²) in [6, 6.07) is 4.17. The van der Waals surface area contributed by atoms with E-state index in [4.69, 9.17) is 4.74 Å². The lowest BCUT2D eigenvalue weighted by Gasteiger charge is -2.24. The molecule has 1 heterocycles. The first-order chi connectivity index (χ1) is 11.4. The van der Waals surface area contributed by atoms with E-state index in [1.54, 1.807) is 17.7 Å². The SMILES string of the molecule is COc1ccc(CS(=O)(=O)Cc2nnc(C3CCC3)n2C)cc1F. The second-order valence-electron chi connectivity index (χ2n) is 6.16. The van der Waals surface area contributed by atoms with E-state index < -0.39 is 15.7 Å². The molecular weight excluding hydrogens is 333 g/mol. The molecule has 0 amide bonds. The number of hydrogen-bond acceptors (Lipinski definition) is 5. The molecule has 1 saturated carbocycles. The van der Waals surface area contributed by atoms with Gasteiger partial charge in [-0.25, -0.2) is 12.8 Å². The molecule has 0 saturated heterocycles. The van der Waals surface area contributed by atoms with Crippen LogP contribution in [0.3, 0.4) is 0 Å². The Balaban J connectivity index is 1.74. The molecule has 0 aliphatic heterocycles. The first-order valence-electron chi connectivity index (χ1n) is 7.80. The number of sulfone groups is 1. The predicted octanol–water partition coefficient (Wildman–Crippen LogP) is 2.35. The molecule has 0 N–H and O–H groups in total. The highest BCUT2D eigenvalue weighted by molar-refractivity contribution is 7.89. The quantitative estimate of drug-likeness (QED) is 0.797. The highest BCUT2D eigenvalue weighted by atomic mass is 32.2. The van der Waals surface area contributed by atoms with Crippen LogP contribution in [0.1, 0.15) is 42.4 Å². The molecule has 8 heteroatoms. The monoisotopic (exact) mass is 353 g/mol. The summed E-state index contributed by atoms with van der Waals surface area (Å²) in [5.74, 6) is 0.712. The molecule has 1 aliphatic rings. The average Bonchev–Trinajstić information content (AvgIpc) is 2.78. The number of halogens is 1. The van der Waals surface area contributed by atoms with Crippen molar-refractivity contribution >= 4 is 9.84 Å². The first-order valence-corrected chi connectivity index (χ1v) is 9.63. The van der Waals surface area contributed by atoms with Crippen LogP contribution in [0.15, 0.2) is 18.2 Å². The molecule has 2 aromatic rings. The minimum absolute atomic E-state index is 0.0922. The molecule has 0 atom stereocenters. The summed E-state index contributed by atoms with van der Waals surface area (Å²) in [6.45, 7) is 0. The number of rotatable bonds is 6. The Kier molecular flexibility index (Phi) is 4.58. The summed E-state index contributed by atoms with van der Waals surface area (Å²) in [7, 11) is -0.318. The standard InChI is InChI=1S/C16H20FN3O3S/c1-20-15(18-19-16(20)12-4-3-5-12)10-24(21,22)9-11-6-7-14(23-2)13(17)8-11/h6-8,12H,3-5,9-10H2,1-2H3. The maximum Gasteiger partial charge on any atom is 0.165 e. The lowest BCUT2D eigenvalue weighted by molar-refractivity contribution is 0.386. The van der Waals surface area contributed by atoms with Gasteiger partial charge in [-0.3, -0.25) is 0 Å². The van der Waals surface area contributed by atoms with Crippen molar-refractivity contribution in [2.75, 3.05) is 7.11 Å². The van der Waals surface area contributed by atoms with Gasteiger partial charge in [0.2, 0.25) is 0 Å². The minimum atomic E-state index is -3.48. The van der Waals surface area contributed by atoms with E-state index in [1.807, 2.05) is 0 Å². The van der Waals surface area contributed by atoms with E-state index in [0.29, 0.717) is 17.3 Å². The Hall–Kier alpha value is -1.96. The molecule has 3 rings (SSSR count). The Morgan fingerprint density at radius 1 is 1.29 bits per heavy atom. The molecule has 1 aliphatic carbocycles. The third-order valence-corrected chi connectivity index (χ3v) is 5.89. The summed E-state index contributed by atoms with van der Waals surface area (Å²) in [4.78, 5) is 0. The van der Waals surface area contributed by atoms with E-state index in [2.05, 4.69) is 10.2 Å². The van der Waals surface area contributed by atoms with Gasteiger partial charge in [-0.2, -0.15) is 0 Å². The second kappa shape index (κ2) is 6.51. The highest BCUT2D eigenvalue weighted by Gasteiger charge is 2.26. The Labute approximate surface area is 140 Å². The number of ether oxygens (including phenoxy) is 1. The average molecular weight is 353 g/mol. The van der Waals surface area contributed by atoms with Crippen molar-refractivity contribution in [2.24, 2.45) is 7.05 Å². The van der Waals surface area contributed by atoms with Gasteiger partial charge in [0.15, 0.2) is 21.4 Å². The van der Waals surface area contributed by atoms with Crippen LogP contribution in [-0.4, -0.2) is 30.3 Å². The van der Waals surface area contributed by atoms with Gasteiger partial charge in [0, 0.05) is 13.0 Å². The van der Waals surface area contributed by atoms with Gasteiger partial charge in [-0.05, 0) is 30.5 Å². The van der Waals surface area contributed by atoms with Crippen LogP contribution >= 0.6 is 0 Å². The molecule has 1 aromatic heterocycles. The second-order valence-corrected chi connectivity index (χ2v) is 8.23. The number of nitrogens with zero attached hydrogens (tertiary/aromatic N) is 3. The number of hydrogen-bond donors (Lipinski definition) is 0. The largest absolute Gasteiger partial charge is 0.494 e. The van der Waals surface area contributed by atoms with E-state index in [-0.39, 0.29) is 17.3 Å². The third kappa shape index (κ3) is 3.43. The van der Waals surface area contributed by atoms with Crippen molar-refractivity contribution in [3.8, 4) is 5.75 Å². The Bertz CT molecular complexity index is 844. The fraction of sp³-hybridized carbons (Fsp3) is 0.500. The predicted molar refractivity (Wildman–Crippen MR) is 86.9 cm³/mol. The Morgan fingerprint density at radius 3 is 2.62 bits per heavy atom. The molecule has 6 nitrogen and oxygen atoms in total. The van der Waals surface area contributed by atoms with Crippen molar-refractivity contribution in [1.29, 1.82) is 0 Å². The molecule has 0 spiro atoms. The van der Waals surface area contributed by atoms with Crippen LogP contribution < -0.4 is 4.74 Å². The van der Waals surface area contributed by atoms with Gasteiger partial charge < -0.3 is 9.30 Å². The van der Waals surface area contributed by atoms with Crippen LogP contribution in [0.25, 0.3) is 0 Å². The highest BCUT2D eigenvalue weighted by Crippen LogP contribution is 2.35. The van der Waals surface area contributed by atoms with Crippen LogP contribution in [0.4, 0.5) is 4.39 Å². The van der Waals surface area contributed by atoms with Gasteiger partial charge in [0.05, 0.1) is 12.9 Å². The fourth-order valence-corrected chi connectivity index (χ4v) is 4.26. The van der Waals surface area contributed by atoms with Crippen LogP contribution in [0.5, 0.6) is 5.75 Å². The summed E-state index contributed by atoms with van der Waals surface area (Å²) < 4.78 is 45.1. The zero-order valence-corrected chi connectivity index (χ0v) is 14.5. The molecule has 0 radical (unpaired) electrons. The summed E-state index contributed by atoms with van der Waals surface area (Å²) in [5, 5.41) is 8.17. The van der Waals surface area contributed by atoms with Crippen molar-refractivity contribution < 1.29 is 17.5 Å². The number of aromatic nitrogens is 3. The number of benzene rings is 1. The lowest BCUT2D eigenvalue weighted by Crippen LogP contribution is -2.16. The van der Waals surface area contributed by atoms with E-state index in [0.717, 1.165) is 18.7 Å². The fourth-order valence-electron chi connectivity index (χ4n) is 2.82. The molecule has 1 fully saturated rings. The van der Waals surface area contributed by atoms with Crippen LogP contribution in [0, 0.1) is 5.82 Å². The van der Waals surface area contributed by atoms with Crippen molar-refractivity contribution in [3.05, 3.63) is 41.2 Å². The van der Waals surface area contributed by atoms with Crippen molar-refractivity contribution in [2.45, 2.75) is 36.7 Å². The van der Waals surface area contributed by atoms with E-state index in [1.165, 1.54) is 25.7 Å². The lowest BCUT2D eigenvalue weighted by atomic mass is 9.85.